The van der Waals surface area contributed by atoms with Gasteiger partial charge in [0.15, 0.2) is 11.5 Å². The molecule has 0 unspecified atom stereocenters. The molecular weight excluding hydrogens is 402 g/mol. The molecule has 2 N–H and O–H groups in total. The maximum atomic E-state index is 11.9. The van der Waals surface area contributed by atoms with Crippen LogP contribution >= 0.6 is 0 Å². The molecule has 3 aromatic heterocycles. The molecule has 11 heteroatoms. The molecule has 0 spiro atoms. The zero-order valence-corrected chi connectivity index (χ0v) is 18.1. The highest BCUT2D eigenvalue weighted by molar-refractivity contribution is 6.03. The van der Waals surface area contributed by atoms with E-state index in [1.807, 2.05) is 25.7 Å². The van der Waals surface area contributed by atoms with Crippen LogP contribution in [0.15, 0.2) is 23.1 Å². The van der Waals surface area contributed by atoms with Gasteiger partial charge in [-0.25, -0.2) is 9.78 Å². The van der Waals surface area contributed by atoms with Crippen molar-refractivity contribution in [2.45, 2.75) is 27.3 Å². The van der Waals surface area contributed by atoms with Crippen molar-refractivity contribution in [2.75, 3.05) is 36.5 Å². The number of nitrogens with zero attached hydrogens (tertiary/aromatic N) is 6. The molecule has 0 amide bonds. The van der Waals surface area contributed by atoms with Gasteiger partial charge < -0.3 is 24.6 Å². The maximum absolute atomic E-state index is 11.9. The van der Waals surface area contributed by atoms with Gasteiger partial charge in [-0.2, -0.15) is 10.1 Å². The first kappa shape index (κ1) is 22.2. The van der Waals surface area contributed by atoms with Crippen LogP contribution in [-0.4, -0.2) is 61.7 Å². The van der Waals surface area contributed by atoms with Crippen molar-refractivity contribution in [2.24, 2.45) is 7.05 Å². The van der Waals surface area contributed by atoms with E-state index >= 15 is 0 Å². The van der Waals surface area contributed by atoms with E-state index in [-0.39, 0.29) is 16.8 Å². The number of carboxylic acid groups (broad SMARTS) is 1. The smallest absolute Gasteiger partial charge is 0.358 e. The summed E-state index contributed by atoms with van der Waals surface area (Å²) in [5, 5.41) is 17.2. The molecule has 0 aliphatic carbocycles. The maximum Gasteiger partial charge on any atom is 0.358 e. The van der Waals surface area contributed by atoms with Gasteiger partial charge in [0.25, 0.3) is 0 Å². The number of hydrogen-bond donors (Lipinski definition) is 2. The minimum absolute atomic E-state index is 0.142. The van der Waals surface area contributed by atoms with E-state index in [2.05, 4.69) is 20.4 Å². The molecule has 11 nitrogen and oxygen atoms in total. The predicted molar refractivity (Wildman–Crippen MR) is 117 cm³/mol. The second-order valence-electron chi connectivity index (χ2n) is 6.81. The summed E-state index contributed by atoms with van der Waals surface area (Å²) in [7, 11) is 1.65. The third-order valence-electron chi connectivity index (χ3n) is 4.82. The average molecular weight is 429 g/mol. The summed E-state index contributed by atoms with van der Waals surface area (Å²) in [4.78, 5) is 34.8. The molecule has 3 rings (SSSR count). The van der Waals surface area contributed by atoms with Crippen LogP contribution < -0.4 is 15.8 Å². The first-order chi connectivity index (χ1) is 14.9. The van der Waals surface area contributed by atoms with E-state index in [0.717, 1.165) is 0 Å². The van der Waals surface area contributed by atoms with E-state index < -0.39 is 5.97 Å². The van der Waals surface area contributed by atoms with Gasteiger partial charge in [-0.05, 0) is 26.8 Å². The predicted octanol–water partition coefficient (Wildman–Crippen LogP) is 1.85. The topological polar surface area (TPSA) is 127 Å². The Balaban J connectivity index is 2.22. The Morgan fingerprint density at radius 1 is 1.23 bits per heavy atom. The van der Waals surface area contributed by atoms with Crippen LogP contribution in [0.4, 0.5) is 17.5 Å². The molecule has 0 atom stereocenters. The number of carboxylic acids is 1. The lowest BCUT2D eigenvalue weighted by Gasteiger charge is -2.20. The van der Waals surface area contributed by atoms with Gasteiger partial charge in [0.05, 0.1) is 18.8 Å². The largest absolute Gasteiger partial charge is 0.476 e. The Morgan fingerprint density at radius 3 is 2.58 bits per heavy atom. The average Bonchev–Trinajstić information content (AvgIpc) is 3.11. The summed E-state index contributed by atoms with van der Waals surface area (Å²) in [5.74, 6) is -0.365. The number of nitrogens with one attached hydrogen (secondary N) is 1. The summed E-state index contributed by atoms with van der Waals surface area (Å²) < 4.78 is 8.42. The lowest BCUT2D eigenvalue weighted by Crippen LogP contribution is -2.24. The number of fused-ring (bicyclic) bond motifs is 1. The number of pyridine rings is 1. The molecule has 31 heavy (non-hydrogen) atoms. The minimum Gasteiger partial charge on any atom is -0.476 e. The number of ether oxygens (including phenoxy) is 1. The number of hydrogen-bond acceptors (Lipinski definition) is 8. The number of carbonyl (C=O) groups is 1. The van der Waals surface area contributed by atoms with Gasteiger partial charge in [0, 0.05) is 39.0 Å². The summed E-state index contributed by atoms with van der Waals surface area (Å²) in [5.41, 5.74) is 1.04. The second-order valence-corrected chi connectivity index (χ2v) is 6.81. The molecule has 0 saturated carbocycles. The first-order valence-corrected chi connectivity index (χ1v) is 10.2. The van der Waals surface area contributed by atoms with E-state index in [4.69, 9.17) is 4.74 Å². The van der Waals surface area contributed by atoms with Crippen molar-refractivity contribution >= 4 is 34.5 Å². The first-order valence-electron chi connectivity index (χ1n) is 10.2. The number of aryl methyl sites for hydroxylation is 1. The van der Waals surface area contributed by atoms with Crippen LogP contribution in [0.1, 0.15) is 31.3 Å². The molecule has 3 heterocycles. The lowest BCUT2D eigenvalue weighted by molar-refractivity contribution is 0.0690. The van der Waals surface area contributed by atoms with Gasteiger partial charge in [0.1, 0.15) is 11.0 Å². The fourth-order valence-corrected chi connectivity index (χ4v) is 3.21. The third-order valence-corrected chi connectivity index (χ3v) is 4.82. The number of aromatic carboxylic acids is 1. The minimum atomic E-state index is -1.17. The number of rotatable bonds is 10. The summed E-state index contributed by atoms with van der Waals surface area (Å²) >= 11 is 0. The van der Waals surface area contributed by atoms with Crippen LogP contribution in [0.3, 0.4) is 0 Å². The molecule has 3 aromatic rings. The highest BCUT2D eigenvalue weighted by Crippen LogP contribution is 2.28. The normalized spacial score (nSPS) is 11.1. The molecule has 0 aromatic carbocycles. The summed E-state index contributed by atoms with van der Waals surface area (Å²) in [6.07, 6.45) is 1.65. The second kappa shape index (κ2) is 9.56. The third kappa shape index (κ3) is 4.66. The van der Waals surface area contributed by atoms with Gasteiger partial charge in [-0.3, -0.25) is 9.48 Å². The molecule has 166 valence electrons. The van der Waals surface area contributed by atoms with Crippen LogP contribution in [-0.2, 0) is 18.3 Å². The molecule has 0 bridgehead atoms. The molecule has 0 radical (unpaired) electrons. The van der Waals surface area contributed by atoms with Crippen molar-refractivity contribution in [3.63, 3.8) is 0 Å². The van der Waals surface area contributed by atoms with Gasteiger partial charge in [0.2, 0.25) is 11.5 Å². The van der Waals surface area contributed by atoms with Crippen molar-refractivity contribution in [1.82, 2.24) is 24.3 Å². The molecule has 0 aliphatic heterocycles. The van der Waals surface area contributed by atoms with Crippen molar-refractivity contribution in [3.8, 4) is 0 Å². The van der Waals surface area contributed by atoms with E-state index in [1.54, 1.807) is 24.0 Å². The van der Waals surface area contributed by atoms with Gasteiger partial charge in [-0.1, -0.05) is 0 Å². The van der Waals surface area contributed by atoms with Crippen LogP contribution in [0.25, 0.3) is 11.0 Å². The summed E-state index contributed by atoms with van der Waals surface area (Å²) in [6, 6.07) is 3.09. The Hall–Kier alpha value is -3.47. The van der Waals surface area contributed by atoms with Gasteiger partial charge in [-0.15, -0.1) is 0 Å². The Bertz CT molecular complexity index is 1130. The van der Waals surface area contributed by atoms with E-state index in [0.29, 0.717) is 55.8 Å². The SMILES string of the molecule is CCOCCn1nc(C(=O)O)c2nc(N(CC)CC)nc(Nc3ccc(=O)n(C)c3)c21. The van der Waals surface area contributed by atoms with E-state index in [9.17, 15) is 14.7 Å². The zero-order chi connectivity index (χ0) is 22.5. The quantitative estimate of drug-likeness (QED) is 0.464. The van der Waals surface area contributed by atoms with Crippen LogP contribution in [0.5, 0.6) is 0 Å². The standard InChI is InChI=1S/C20H27N7O4/c1-5-26(6-2)20-22-15-16(19(29)30)24-27(10-11-31-7-3)17(15)18(23-20)21-13-8-9-14(28)25(4)12-13/h8-9,12H,5-7,10-11H2,1-4H3,(H,29,30)(H,21,22,23). The zero-order valence-electron chi connectivity index (χ0n) is 18.1. The Labute approximate surface area is 179 Å². The molecular formula is C20H27N7O4. The highest BCUT2D eigenvalue weighted by atomic mass is 16.5. The van der Waals surface area contributed by atoms with Crippen molar-refractivity contribution in [1.29, 1.82) is 0 Å². The van der Waals surface area contributed by atoms with Crippen LogP contribution in [0.2, 0.25) is 0 Å². The molecule has 0 fully saturated rings. The molecule has 0 aliphatic rings. The fraction of sp³-hybridized carbons (Fsp3) is 0.450. The monoisotopic (exact) mass is 429 g/mol. The van der Waals surface area contributed by atoms with E-state index in [1.165, 1.54) is 10.6 Å². The Kier molecular flexibility index (Phi) is 6.85. The molecule has 0 saturated heterocycles. The number of anilines is 3. The fourth-order valence-electron chi connectivity index (χ4n) is 3.21. The Morgan fingerprint density at radius 2 is 1.97 bits per heavy atom. The lowest BCUT2D eigenvalue weighted by atomic mass is 10.3. The summed E-state index contributed by atoms with van der Waals surface area (Å²) in [6.45, 7) is 8.38. The van der Waals surface area contributed by atoms with Crippen molar-refractivity contribution < 1.29 is 14.6 Å². The van der Waals surface area contributed by atoms with Crippen molar-refractivity contribution in [3.05, 3.63) is 34.4 Å². The number of aromatic nitrogens is 5. The highest BCUT2D eigenvalue weighted by Gasteiger charge is 2.24. The van der Waals surface area contributed by atoms with Crippen LogP contribution in [0, 0.1) is 0 Å². The van der Waals surface area contributed by atoms with Gasteiger partial charge >= 0.3 is 5.97 Å².